The van der Waals surface area contributed by atoms with Crippen LogP contribution in [0, 0.1) is 0 Å². The van der Waals surface area contributed by atoms with Crippen molar-refractivity contribution in [3.8, 4) is 5.69 Å². The van der Waals surface area contributed by atoms with E-state index in [0.717, 1.165) is 11.3 Å². The van der Waals surface area contributed by atoms with Crippen LogP contribution in [0.1, 0.15) is 12.5 Å². The summed E-state index contributed by atoms with van der Waals surface area (Å²) < 4.78 is 6.34. The lowest BCUT2D eigenvalue weighted by Crippen LogP contribution is -2.34. The second-order valence-corrected chi connectivity index (χ2v) is 4.65. The molecular weight excluding hydrogens is 286 g/mol. The number of amides is 1. The van der Waals surface area contributed by atoms with Crippen molar-refractivity contribution in [3.05, 3.63) is 36.2 Å². The van der Waals surface area contributed by atoms with E-state index in [2.05, 4.69) is 15.5 Å². The molecule has 0 aliphatic rings. The van der Waals surface area contributed by atoms with Crippen molar-refractivity contribution < 1.29 is 14.3 Å². The summed E-state index contributed by atoms with van der Waals surface area (Å²) in [5.41, 5.74) is 1.65. The lowest BCUT2D eigenvalue weighted by molar-refractivity contribution is -0.147. The van der Waals surface area contributed by atoms with Crippen molar-refractivity contribution >= 4 is 11.9 Å². The maximum atomic E-state index is 12.0. The lowest BCUT2D eigenvalue weighted by atomic mass is 10.1. The van der Waals surface area contributed by atoms with E-state index in [0.29, 0.717) is 6.61 Å². The second-order valence-electron chi connectivity index (χ2n) is 4.65. The van der Waals surface area contributed by atoms with Gasteiger partial charge in [0.15, 0.2) is 0 Å². The molecule has 0 N–H and O–H groups in total. The SMILES string of the molecule is CCOC(=O)CN(C)C(=O)Cc1ccc(-n2cnnn2)cc1. The molecule has 1 amide bonds. The van der Waals surface area contributed by atoms with E-state index in [9.17, 15) is 9.59 Å². The molecule has 22 heavy (non-hydrogen) atoms. The molecule has 116 valence electrons. The van der Waals surface area contributed by atoms with Gasteiger partial charge < -0.3 is 9.64 Å². The van der Waals surface area contributed by atoms with Gasteiger partial charge in [0.2, 0.25) is 5.91 Å². The van der Waals surface area contributed by atoms with Crippen LogP contribution in [0.5, 0.6) is 0 Å². The molecular formula is C14H17N5O3. The Morgan fingerprint density at radius 1 is 1.27 bits per heavy atom. The van der Waals surface area contributed by atoms with E-state index in [1.807, 2.05) is 24.3 Å². The third kappa shape index (κ3) is 4.11. The Kier molecular flexibility index (Phi) is 5.18. The highest BCUT2D eigenvalue weighted by Gasteiger charge is 2.14. The Morgan fingerprint density at radius 2 is 2.00 bits per heavy atom. The topological polar surface area (TPSA) is 90.2 Å². The van der Waals surface area contributed by atoms with Gasteiger partial charge in [-0.25, -0.2) is 4.68 Å². The summed E-state index contributed by atoms with van der Waals surface area (Å²) in [5, 5.41) is 10.9. The van der Waals surface area contributed by atoms with E-state index in [1.165, 1.54) is 15.9 Å². The zero-order chi connectivity index (χ0) is 15.9. The molecule has 1 heterocycles. The van der Waals surface area contributed by atoms with Gasteiger partial charge in [0.05, 0.1) is 18.7 Å². The average molecular weight is 303 g/mol. The Hall–Kier alpha value is -2.77. The summed E-state index contributed by atoms with van der Waals surface area (Å²) >= 11 is 0. The third-order valence-electron chi connectivity index (χ3n) is 3.00. The molecule has 0 spiro atoms. The fourth-order valence-electron chi connectivity index (χ4n) is 1.84. The zero-order valence-electron chi connectivity index (χ0n) is 12.5. The fourth-order valence-corrected chi connectivity index (χ4v) is 1.84. The first-order valence-corrected chi connectivity index (χ1v) is 6.82. The number of nitrogens with zero attached hydrogens (tertiary/aromatic N) is 5. The second kappa shape index (κ2) is 7.30. The quantitative estimate of drug-likeness (QED) is 0.709. The van der Waals surface area contributed by atoms with Crippen LogP contribution in [0.15, 0.2) is 30.6 Å². The number of carbonyl (C=O) groups is 2. The summed E-state index contributed by atoms with van der Waals surface area (Å²) in [6.45, 7) is 1.99. The summed E-state index contributed by atoms with van der Waals surface area (Å²) in [6.07, 6.45) is 1.71. The maximum absolute atomic E-state index is 12.0. The minimum atomic E-state index is -0.410. The molecule has 0 saturated carbocycles. The lowest BCUT2D eigenvalue weighted by Gasteiger charge is -2.16. The van der Waals surface area contributed by atoms with Crippen molar-refractivity contribution in [1.29, 1.82) is 0 Å². The Labute approximate surface area is 127 Å². The molecule has 0 aliphatic heterocycles. The predicted octanol–water partition coefficient (Wildman–Crippen LogP) is 0.226. The van der Waals surface area contributed by atoms with Gasteiger partial charge in [-0.2, -0.15) is 0 Å². The molecule has 0 bridgehead atoms. The highest BCUT2D eigenvalue weighted by atomic mass is 16.5. The van der Waals surface area contributed by atoms with Crippen LogP contribution in [0.4, 0.5) is 0 Å². The number of tetrazole rings is 1. The first-order valence-electron chi connectivity index (χ1n) is 6.82. The van der Waals surface area contributed by atoms with Crippen LogP contribution in [0.25, 0.3) is 5.69 Å². The predicted molar refractivity (Wildman–Crippen MR) is 77.1 cm³/mol. The molecule has 1 aromatic heterocycles. The van der Waals surface area contributed by atoms with Crippen molar-refractivity contribution in [2.45, 2.75) is 13.3 Å². The molecule has 2 rings (SSSR count). The average Bonchev–Trinajstić information content (AvgIpc) is 3.02. The first kappa shape index (κ1) is 15.6. The summed E-state index contributed by atoms with van der Waals surface area (Å²) in [5.74, 6) is -0.560. The minimum Gasteiger partial charge on any atom is -0.465 e. The van der Waals surface area contributed by atoms with Crippen molar-refractivity contribution in [3.63, 3.8) is 0 Å². The normalized spacial score (nSPS) is 10.3. The molecule has 0 saturated heterocycles. The smallest absolute Gasteiger partial charge is 0.325 e. The highest BCUT2D eigenvalue weighted by molar-refractivity contribution is 5.83. The fraction of sp³-hybridized carbons (Fsp3) is 0.357. The Balaban J connectivity index is 1.93. The van der Waals surface area contributed by atoms with Gasteiger partial charge in [0.25, 0.3) is 0 Å². The number of rotatable bonds is 6. The molecule has 0 atom stereocenters. The van der Waals surface area contributed by atoms with Crippen LogP contribution >= 0.6 is 0 Å². The maximum Gasteiger partial charge on any atom is 0.325 e. The van der Waals surface area contributed by atoms with Gasteiger partial charge in [-0.05, 0) is 35.0 Å². The molecule has 0 unspecified atom stereocenters. The Bertz CT molecular complexity index is 624. The molecule has 0 radical (unpaired) electrons. The number of benzene rings is 1. The van der Waals surface area contributed by atoms with Crippen LogP contribution in [0.3, 0.4) is 0 Å². The molecule has 2 aromatic rings. The molecule has 0 aliphatic carbocycles. The third-order valence-corrected chi connectivity index (χ3v) is 3.00. The monoisotopic (exact) mass is 303 g/mol. The van der Waals surface area contributed by atoms with Crippen molar-refractivity contribution in [2.75, 3.05) is 20.2 Å². The number of hydrogen-bond acceptors (Lipinski definition) is 6. The van der Waals surface area contributed by atoms with E-state index >= 15 is 0 Å². The van der Waals surface area contributed by atoms with Crippen LogP contribution < -0.4 is 0 Å². The number of hydrogen-bond donors (Lipinski definition) is 0. The van der Waals surface area contributed by atoms with Crippen LogP contribution in [-0.4, -0.2) is 57.2 Å². The molecule has 8 nitrogen and oxygen atoms in total. The van der Waals surface area contributed by atoms with Crippen molar-refractivity contribution in [2.24, 2.45) is 0 Å². The summed E-state index contributed by atoms with van der Waals surface area (Å²) in [7, 11) is 1.58. The van der Waals surface area contributed by atoms with Gasteiger partial charge in [0, 0.05) is 7.05 Å². The van der Waals surface area contributed by atoms with Gasteiger partial charge in [0.1, 0.15) is 12.9 Å². The first-order chi connectivity index (χ1) is 10.6. The number of aromatic nitrogens is 4. The van der Waals surface area contributed by atoms with E-state index in [4.69, 9.17) is 4.74 Å². The Morgan fingerprint density at radius 3 is 2.59 bits per heavy atom. The van der Waals surface area contributed by atoms with Crippen LogP contribution in [-0.2, 0) is 20.7 Å². The number of likely N-dealkylation sites (N-methyl/N-ethyl adjacent to an activating group) is 1. The minimum absolute atomic E-state index is 0.0462. The standard InChI is InChI=1S/C14H17N5O3/c1-3-22-14(21)9-18(2)13(20)8-11-4-6-12(7-5-11)19-10-15-16-17-19/h4-7,10H,3,8-9H2,1-2H3. The molecule has 8 heteroatoms. The van der Waals surface area contributed by atoms with Crippen molar-refractivity contribution in [1.82, 2.24) is 25.1 Å². The largest absolute Gasteiger partial charge is 0.465 e. The zero-order valence-corrected chi connectivity index (χ0v) is 12.5. The highest BCUT2D eigenvalue weighted by Crippen LogP contribution is 2.09. The van der Waals surface area contributed by atoms with E-state index in [1.54, 1.807) is 14.0 Å². The van der Waals surface area contributed by atoms with E-state index in [-0.39, 0.29) is 18.9 Å². The summed E-state index contributed by atoms with van der Waals surface area (Å²) in [6, 6.07) is 7.30. The van der Waals surface area contributed by atoms with E-state index < -0.39 is 5.97 Å². The van der Waals surface area contributed by atoms with Gasteiger partial charge >= 0.3 is 5.97 Å². The van der Waals surface area contributed by atoms with Gasteiger partial charge in [-0.1, -0.05) is 12.1 Å². The van der Waals surface area contributed by atoms with Gasteiger partial charge in [-0.3, -0.25) is 9.59 Å². The molecule has 1 aromatic carbocycles. The number of ether oxygens (including phenoxy) is 1. The molecule has 0 fully saturated rings. The van der Waals surface area contributed by atoms with Gasteiger partial charge in [-0.15, -0.1) is 5.10 Å². The number of carbonyl (C=O) groups excluding carboxylic acids is 2. The number of esters is 1. The summed E-state index contributed by atoms with van der Waals surface area (Å²) in [4.78, 5) is 24.7. The van der Waals surface area contributed by atoms with Crippen LogP contribution in [0.2, 0.25) is 0 Å².